The molecule has 0 spiro atoms. The van der Waals surface area contributed by atoms with Crippen LogP contribution in [0.4, 0.5) is 0 Å². The molecule has 1 aliphatic rings. The number of nitrogens with zero attached hydrogens (tertiary/aromatic N) is 1. The van der Waals surface area contributed by atoms with Crippen LogP contribution in [0, 0.1) is 5.92 Å². The van der Waals surface area contributed by atoms with Crippen LogP contribution < -0.4 is 0 Å². The Kier molecular flexibility index (Phi) is 2.12. The van der Waals surface area contributed by atoms with Crippen LogP contribution in [0.15, 0.2) is 4.99 Å². The first-order chi connectivity index (χ1) is 5.11. The lowest BCUT2D eigenvalue weighted by atomic mass is 10.1. The lowest BCUT2D eigenvalue weighted by molar-refractivity contribution is -0.130. The van der Waals surface area contributed by atoms with Crippen molar-refractivity contribution in [3.05, 3.63) is 0 Å². The molecular weight excluding hydrogens is 146 g/mol. The highest BCUT2D eigenvalue weighted by molar-refractivity contribution is 6.32. The number of hydrogen-bond acceptors (Lipinski definition) is 3. The third-order valence-corrected chi connectivity index (χ3v) is 1.63. The second-order valence-electron chi connectivity index (χ2n) is 2.86. The van der Waals surface area contributed by atoms with Gasteiger partial charge in [0.1, 0.15) is 6.61 Å². The van der Waals surface area contributed by atoms with E-state index in [2.05, 4.69) is 4.99 Å². The molecule has 1 atom stereocenters. The monoisotopic (exact) mass is 157 g/mol. The number of aliphatic carboxylic acids is 1. The van der Waals surface area contributed by atoms with Gasteiger partial charge in [0.2, 0.25) is 0 Å². The fourth-order valence-electron chi connectivity index (χ4n) is 0.848. The van der Waals surface area contributed by atoms with Gasteiger partial charge in [-0.15, -0.1) is 0 Å². The highest BCUT2D eigenvalue weighted by Gasteiger charge is 2.25. The van der Waals surface area contributed by atoms with Crippen LogP contribution in [-0.2, 0) is 9.53 Å². The highest BCUT2D eigenvalue weighted by Crippen LogP contribution is 2.13. The van der Waals surface area contributed by atoms with Crippen molar-refractivity contribution >= 4 is 11.9 Å². The Hall–Kier alpha value is -1.06. The van der Waals surface area contributed by atoms with E-state index in [1.807, 2.05) is 13.8 Å². The van der Waals surface area contributed by atoms with Gasteiger partial charge in [0, 0.05) is 0 Å². The first-order valence-electron chi connectivity index (χ1n) is 3.55. The summed E-state index contributed by atoms with van der Waals surface area (Å²) >= 11 is 0. The van der Waals surface area contributed by atoms with Gasteiger partial charge < -0.3 is 9.84 Å². The maximum atomic E-state index is 10.3. The van der Waals surface area contributed by atoms with E-state index in [1.165, 1.54) is 0 Å². The maximum Gasteiger partial charge on any atom is 0.391 e. The molecule has 62 valence electrons. The van der Waals surface area contributed by atoms with E-state index in [0.717, 1.165) is 0 Å². The highest BCUT2D eigenvalue weighted by atomic mass is 16.5. The van der Waals surface area contributed by atoms with Crippen LogP contribution in [0.2, 0.25) is 0 Å². The molecule has 1 N–H and O–H groups in total. The quantitative estimate of drug-likeness (QED) is 0.635. The van der Waals surface area contributed by atoms with E-state index < -0.39 is 5.97 Å². The van der Waals surface area contributed by atoms with E-state index in [1.54, 1.807) is 0 Å². The van der Waals surface area contributed by atoms with Crippen molar-refractivity contribution in [1.29, 1.82) is 0 Å². The Morgan fingerprint density at radius 2 is 2.45 bits per heavy atom. The predicted octanol–water partition coefficient (Wildman–Crippen LogP) is 0.524. The molecular formula is C7H11NO3. The fraction of sp³-hybridized carbons (Fsp3) is 0.714. The summed E-state index contributed by atoms with van der Waals surface area (Å²) in [5.41, 5.74) is 0. The van der Waals surface area contributed by atoms with Crippen molar-refractivity contribution in [3.63, 3.8) is 0 Å². The molecule has 0 saturated heterocycles. The van der Waals surface area contributed by atoms with Crippen molar-refractivity contribution in [2.75, 3.05) is 6.61 Å². The van der Waals surface area contributed by atoms with Crippen LogP contribution in [0.5, 0.6) is 0 Å². The largest absolute Gasteiger partial charge is 0.474 e. The van der Waals surface area contributed by atoms with Crippen LogP contribution in [0.25, 0.3) is 0 Å². The second kappa shape index (κ2) is 2.90. The molecule has 0 radical (unpaired) electrons. The molecule has 0 fully saturated rings. The molecule has 0 aromatic rings. The van der Waals surface area contributed by atoms with Crippen molar-refractivity contribution in [3.8, 4) is 0 Å². The minimum atomic E-state index is -1.08. The molecule has 1 rings (SSSR count). The summed E-state index contributed by atoms with van der Waals surface area (Å²) in [6.45, 7) is 4.38. The molecule has 4 heteroatoms. The van der Waals surface area contributed by atoms with Gasteiger partial charge in [-0.2, -0.15) is 0 Å². The number of ether oxygens (including phenoxy) is 1. The molecule has 0 amide bonds. The Balaban J connectivity index is 2.61. The number of hydrogen-bond donors (Lipinski definition) is 1. The average Bonchev–Trinajstić information content (AvgIpc) is 2.33. The predicted molar refractivity (Wildman–Crippen MR) is 39.6 cm³/mol. The average molecular weight is 157 g/mol. The molecule has 1 aliphatic heterocycles. The first-order valence-corrected chi connectivity index (χ1v) is 3.55. The lowest BCUT2D eigenvalue weighted by Gasteiger charge is -2.06. The minimum Gasteiger partial charge on any atom is -0.474 e. The summed E-state index contributed by atoms with van der Waals surface area (Å²) in [5, 5.41) is 8.46. The van der Waals surface area contributed by atoms with Gasteiger partial charge in [0.15, 0.2) is 0 Å². The zero-order chi connectivity index (χ0) is 8.43. The number of carbonyl (C=O) groups is 1. The molecule has 0 aromatic heterocycles. The van der Waals surface area contributed by atoms with Gasteiger partial charge >= 0.3 is 5.97 Å². The van der Waals surface area contributed by atoms with Gasteiger partial charge in [-0.3, -0.25) is 0 Å². The first kappa shape index (κ1) is 8.04. The minimum absolute atomic E-state index is 0.0149. The van der Waals surface area contributed by atoms with Gasteiger partial charge in [-0.1, -0.05) is 13.8 Å². The second-order valence-corrected chi connectivity index (χ2v) is 2.86. The van der Waals surface area contributed by atoms with Crippen LogP contribution >= 0.6 is 0 Å². The Morgan fingerprint density at radius 3 is 2.73 bits per heavy atom. The number of aliphatic imine (C=N–C) groups is 1. The Morgan fingerprint density at radius 1 is 1.82 bits per heavy atom. The summed E-state index contributed by atoms with van der Waals surface area (Å²) in [6.07, 6.45) is 0. The molecule has 0 aromatic carbocycles. The SMILES string of the molecule is CC(C)C1COC(C(=O)O)=N1. The summed E-state index contributed by atoms with van der Waals surface area (Å²) < 4.78 is 4.84. The van der Waals surface area contributed by atoms with E-state index in [0.29, 0.717) is 12.5 Å². The van der Waals surface area contributed by atoms with E-state index in [-0.39, 0.29) is 11.9 Å². The summed E-state index contributed by atoms with van der Waals surface area (Å²) in [4.78, 5) is 14.2. The third-order valence-electron chi connectivity index (χ3n) is 1.63. The van der Waals surface area contributed by atoms with Crippen LogP contribution in [0.1, 0.15) is 13.8 Å². The van der Waals surface area contributed by atoms with E-state index in [4.69, 9.17) is 9.84 Å². The van der Waals surface area contributed by atoms with Crippen LogP contribution in [0.3, 0.4) is 0 Å². The van der Waals surface area contributed by atoms with Gasteiger partial charge in [0.05, 0.1) is 6.04 Å². The van der Waals surface area contributed by atoms with Crippen molar-refractivity contribution in [2.24, 2.45) is 10.9 Å². The molecule has 0 bridgehead atoms. The normalized spacial score (nSPS) is 23.2. The zero-order valence-corrected chi connectivity index (χ0v) is 6.57. The summed E-state index contributed by atoms with van der Waals surface area (Å²) in [7, 11) is 0. The molecule has 4 nitrogen and oxygen atoms in total. The standard InChI is InChI=1S/C7H11NO3/c1-4(2)5-3-11-6(8-5)7(9)10/h4-5H,3H2,1-2H3,(H,9,10). The van der Waals surface area contributed by atoms with Gasteiger partial charge in [-0.05, 0) is 5.92 Å². The van der Waals surface area contributed by atoms with Gasteiger partial charge in [0.25, 0.3) is 5.90 Å². The molecule has 0 aliphatic carbocycles. The number of carboxylic acid groups (broad SMARTS) is 1. The maximum absolute atomic E-state index is 10.3. The van der Waals surface area contributed by atoms with E-state index in [9.17, 15) is 4.79 Å². The molecule has 0 saturated carbocycles. The summed E-state index contributed by atoms with van der Waals surface area (Å²) in [5.74, 6) is -0.885. The van der Waals surface area contributed by atoms with Gasteiger partial charge in [-0.25, -0.2) is 9.79 Å². The number of rotatable bonds is 2. The number of carboxylic acids is 1. The summed E-state index contributed by atoms with van der Waals surface area (Å²) in [6, 6.07) is 0.0149. The molecule has 1 heterocycles. The lowest BCUT2D eigenvalue weighted by Crippen LogP contribution is -2.13. The van der Waals surface area contributed by atoms with Crippen molar-refractivity contribution < 1.29 is 14.6 Å². The van der Waals surface area contributed by atoms with Crippen molar-refractivity contribution in [1.82, 2.24) is 0 Å². The Labute approximate surface area is 64.9 Å². The molecule has 1 unspecified atom stereocenters. The topological polar surface area (TPSA) is 58.9 Å². The van der Waals surface area contributed by atoms with Crippen LogP contribution in [-0.4, -0.2) is 29.6 Å². The third kappa shape index (κ3) is 1.69. The smallest absolute Gasteiger partial charge is 0.391 e. The van der Waals surface area contributed by atoms with Crippen molar-refractivity contribution in [2.45, 2.75) is 19.9 Å². The fourth-order valence-corrected chi connectivity index (χ4v) is 0.848. The zero-order valence-electron chi connectivity index (χ0n) is 6.57. The van der Waals surface area contributed by atoms with E-state index >= 15 is 0 Å². The Bertz CT molecular complexity index is 198. The molecule has 11 heavy (non-hydrogen) atoms.